The van der Waals surface area contributed by atoms with Crippen molar-refractivity contribution >= 4 is 43.7 Å². The molecule has 351 valence electrons. The van der Waals surface area contributed by atoms with E-state index < -0.39 is 0 Å². The summed E-state index contributed by atoms with van der Waals surface area (Å²) >= 11 is 0. The van der Waals surface area contributed by atoms with Crippen molar-refractivity contribution < 1.29 is 24.5 Å². The molecule has 0 bridgehead atoms. The molecular formula is C65H59IrN3O-2. The summed E-state index contributed by atoms with van der Waals surface area (Å²) < 4.78 is 8.64. The van der Waals surface area contributed by atoms with Crippen LogP contribution in [0.25, 0.3) is 94.3 Å². The Bertz CT molecular complexity index is 3650. The van der Waals surface area contributed by atoms with Gasteiger partial charge in [0.1, 0.15) is 5.58 Å². The minimum absolute atomic E-state index is 0. The number of hydrogen-bond acceptors (Lipinski definition) is 3. The minimum Gasteiger partial charge on any atom is -0.501 e. The van der Waals surface area contributed by atoms with E-state index in [2.05, 4.69) is 213 Å². The van der Waals surface area contributed by atoms with Crippen molar-refractivity contribution in [1.82, 2.24) is 14.5 Å². The van der Waals surface area contributed by atoms with Crippen LogP contribution in [0.5, 0.6) is 0 Å². The van der Waals surface area contributed by atoms with E-state index in [0.717, 1.165) is 61.2 Å². The van der Waals surface area contributed by atoms with E-state index in [1.165, 1.54) is 66.5 Å². The van der Waals surface area contributed by atoms with Gasteiger partial charge in [0.05, 0.1) is 22.4 Å². The first-order chi connectivity index (χ1) is 33.2. The fourth-order valence-electron chi connectivity index (χ4n) is 9.72. The molecule has 0 spiro atoms. The summed E-state index contributed by atoms with van der Waals surface area (Å²) in [4.78, 5) is 9.84. The largest absolute Gasteiger partial charge is 0.501 e. The predicted octanol–water partition coefficient (Wildman–Crippen LogP) is 17.9. The van der Waals surface area contributed by atoms with E-state index >= 15 is 0 Å². The average Bonchev–Trinajstić information content (AvgIpc) is 3.93. The molecule has 1 radical (unpaired) electrons. The molecule has 11 rings (SSSR count). The van der Waals surface area contributed by atoms with E-state index in [0.29, 0.717) is 11.8 Å². The van der Waals surface area contributed by atoms with Gasteiger partial charge in [-0.15, -0.1) is 53.6 Å². The maximum atomic E-state index is 6.29. The molecule has 3 aromatic heterocycles. The van der Waals surface area contributed by atoms with Crippen molar-refractivity contribution in [2.24, 2.45) is 0 Å². The van der Waals surface area contributed by atoms with Crippen molar-refractivity contribution in [3.05, 3.63) is 209 Å². The first-order valence-electron chi connectivity index (χ1n) is 24.3. The Hall–Kier alpha value is -6.91. The molecule has 0 aliphatic heterocycles. The fourth-order valence-corrected chi connectivity index (χ4v) is 9.72. The van der Waals surface area contributed by atoms with Gasteiger partial charge < -0.3 is 14.0 Å². The number of hydrogen-bond donors (Lipinski definition) is 0. The number of nitrogens with zero attached hydrogens (tertiary/aromatic N) is 3. The van der Waals surface area contributed by atoms with Gasteiger partial charge in [-0.1, -0.05) is 163 Å². The number of pyridine rings is 1. The van der Waals surface area contributed by atoms with Crippen molar-refractivity contribution in [2.45, 2.75) is 86.5 Å². The molecule has 8 aromatic carbocycles. The van der Waals surface area contributed by atoms with Crippen molar-refractivity contribution in [3.8, 4) is 50.6 Å². The molecular weight excluding hydrogens is 1030 g/mol. The number of imidazole rings is 1. The summed E-state index contributed by atoms with van der Waals surface area (Å²) in [5.74, 6) is 1.80. The van der Waals surface area contributed by atoms with Crippen molar-refractivity contribution in [1.29, 1.82) is 0 Å². The Kier molecular flexibility index (Phi) is 13.4. The van der Waals surface area contributed by atoms with Crippen LogP contribution in [0.3, 0.4) is 0 Å². The molecule has 70 heavy (non-hydrogen) atoms. The Morgan fingerprint density at radius 2 is 1.31 bits per heavy atom. The van der Waals surface area contributed by atoms with Crippen LogP contribution in [0.4, 0.5) is 0 Å². The van der Waals surface area contributed by atoms with E-state index in [4.69, 9.17) is 14.4 Å². The van der Waals surface area contributed by atoms with Gasteiger partial charge in [0, 0.05) is 37.4 Å². The van der Waals surface area contributed by atoms with Gasteiger partial charge in [0.25, 0.3) is 0 Å². The molecule has 0 saturated carbocycles. The number of aryl methyl sites for hydroxylation is 3. The summed E-state index contributed by atoms with van der Waals surface area (Å²) in [5, 5.41) is 4.67. The maximum Gasteiger partial charge on any atom is 0.120 e. The Labute approximate surface area is 426 Å². The van der Waals surface area contributed by atoms with Crippen LogP contribution in [0.1, 0.15) is 93.7 Å². The first-order valence-corrected chi connectivity index (χ1v) is 24.3. The third-order valence-electron chi connectivity index (χ3n) is 13.6. The Morgan fingerprint density at radius 1 is 0.614 bits per heavy atom. The molecule has 0 unspecified atom stereocenters. The second kappa shape index (κ2) is 19.5. The zero-order chi connectivity index (χ0) is 48.1. The number of fused-ring (bicyclic) bond motifs is 5. The van der Waals surface area contributed by atoms with Gasteiger partial charge in [-0.25, -0.2) is 0 Å². The normalized spacial score (nSPS) is 11.7. The summed E-state index contributed by atoms with van der Waals surface area (Å²) in [6.07, 6.45) is 1.97. The van der Waals surface area contributed by atoms with E-state index in [1.807, 2.05) is 36.5 Å². The second-order valence-electron chi connectivity index (χ2n) is 20.3. The maximum absolute atomic E-state index is 6.29. The molecule has 3 heterocycles. The van der Waals surface area contributed by atoms with Gasteiger partial charge in [-0.05, 0) is 128 Å². The third-order valence-corrected chi connectivity index (χ3v) is 13.6. The van der Waals surface area contributed by atoms with Crippen LogP contribution in [-0.4, -0.2) is 14.5 Å². The zero-order valence-electron chi connectivity index (χ0n) is 41.8. The van der Waals surface area contributed by atoms with Crippen LogP contribution >= 0.6 is 0 Å². The molecule has 0 aliphatic rings. The third kappa shape index (κ3) is 9.17. The summed E-state index contributed by atoms with van der Waals surface area (Å²) in [5.41, 5.74) is 20.6. The van der Waals surface area contributed by atoms with Crippen LogP contribution in [0, 0.1) is 32.9 Å². The van der Waals surface area contributed by atoms with Crippen molar-refractivity contribution in [3.63, 3.8) is 0 Å². The topological polar surface area (TPSA) is 43.9 Å². The van der Waals surface area contributed by atoms with Crippen molar-refractivity contribution in [2.75, 3.05) is 0 Å². The molecule has 11 aromatic rings. The Balaban J connectivity index is 0.000000184. The van der Waals surface area contributed by atoms with Gasteiger partial charge in [-0.2, -0.15) is 0 Å². The van der Waals surface area contributed by atoms with Gasteiger partial charge in [0.15, 0.2) is 0 Å². The molecule has 0 N–H and O–H groups in total. The van der Waals surface area contributed by atoms with E-state index in [-0.39, 0.29) is 25.5 Å². The Morgan fingerprint density at radius 3 is 2.03 bits per heavy atom. The number of para-hydroxylation sites is 4. The molecule has 0 fully saturated rings. The number of rotatable bonds is 7. The van der Waals surface area contributed by atoms with Crippen LogP contribution in [-0.2, 0) is 25.5 Å². The molecule has 0 saturated heterocycles. The summed E-state index contributed by atoms with van der Waals surface area (Å²) in [6.45, 7) is 22.2. The number of furan rings is 1. The first kappa shape index (κ1) is 48.1. The standard InChI is InChI=1S/C39H32NO.C26H27N2.Ir/c1-24-19-29-20-27(26-15-17-30(18-16-26)39(3,4)5)13-14-28(29)21-34(24)35-22-36(40-23-25(35)2)33-11-8-10-32-31-9-6-7-12-37(31)41-38(32)33;1-17(2)21-9-8-10-22(18(3)4)25(21)28-24-12-7-6-11-23(24)27-26(28)20-15-13-19(5)14-16-20;/h6-10,12-23H,1-5H3;6-15,17-18H,1-5H3;/q2*-1;. The quantitative estimate of drug-likeness (QED) is 0.149. The van der Waals surface area contributed by atoms with Crippen LogP contribution < -0.4 is 0 Å². The molecule has 0 aliphatic carbocycles. The van der Waals surface area contributed by atoms with E-state index in [1.54, 1.807) is 0 Å². The van der Waals surface area contributed by atoms with Crippen LogP contribution in [0.15, 0.2) is 168 Å². The fraction of sp³-hybridized carbons (Fsp3) is 0.200. The van der Waals surface area contributed by atoms with Gasteiger partial charge in [-0.3, -0.25) is 4.98 Å². The number of benzene rings is 8. The minimum atomic E-state index is 0. The molecule has 5 heteroatoms. The van der Waals surface area contributed by atoms with Gasteiger partial charge >= 0.3 is 0 Å². The number of aromatic nitrogens is 3. The summed E-state index contributed by atoms with van der Waals surface area (Å²) in [7, 11) is 0. The van der Waals surface area contributed by atoms with Gasteiger partial charge in [0.2, 0.25) is 0 Å². The average molecular weight is 1090 g/mol. The predicted molar refractivity (Wildman–Crippen MR) is 291 cm³/mol. The SMILES string of the molecule is Cc1c[c-]c(-c2nc3ccccc3n2-c2c(C(C)C)cccc2C(C)C)cc1.Cc1cnc(-c2[c-]ccc3c2oc2ccccc23)cc1-c1cc2ccc(-c3ccc(C(C)(C)C)cc3)cc2cc1C.[Ir]. The molecule has 0 amide bonds. The second-order valence-corrected chi connectivity index (χ2v) is 20.3. The van der Waals surface area contributed by atoms with E-state index in [9.17, 15) is 0 Å². The monoisotopic (exact) mass is 1090 g/mol. The molecule has 4 nitrogen and oxygen atoms in total. The smallest absolute Gasteiger partial charge is 0.120 e. The molecule has 0 atom stereocenters. The van der Waals surface area contributed by atoms with Crippen LogP contribution in [0.2, 0.25) is 0 Å². The summed E-state index contributed by atoms with van der Waals surface area (Å²) in [6, 6.07) is 63.0. The zero-order valence-corrected chi connectivity index (χ0v) is 44.2.